The Labute approximate surface area is 149 Å². The molecule has 0 saturated heterocycles. The van der Waals surface area contributed by atoms with Gasteiger partial charge in [-0.1, -0.05) is 36.4 Å². The summed E-state index contributed by atoms with van der Waals surface area (Å²) in [5.74, 6) is 0.575. The Kier molecular flexibility index (Phi) is 5.71. The Balaban J connectivity index is 1.66. The van der Waals surface area contributed by atoms with E-state index in [-0.39, 0.29) is 12.0 Å². The van der Waals surface area contributed by atoms with E-state index in [1.54, 1.807) is 0 Å². The monoisotopic (exact) mass is 337 g/mol. The molecule has 0 aliphatic heterocycles. The number of nitrogens with one attached hydrogen (secondary N) is 1. The van der Waals surface area contributed by atoms with E-state index in [2.05, 4.69) is 40.6 Å². The van der Waals surface area contributed by atoms with Crippen molar-refractivity contribution in [1.29, 1.82) is 0 Å². The minimum Gasteiger partial charge on any atom is -0.393 e. The molecule has 3 rings (SSSR count). The Morgan fingerprint density at radius 3 is 2.68 bits per heavy atom. The highest BCUT2D eigenvalue weighted by molar-refractivity contribution is 5.92. The third kappa shape index (κ3) is 4.83. The molecule has 2 unspecified atom stereocenters. The maximum Gasteiger partial charge on any atom is 0.193 e. The topological polar surface area (TPSA) is 70.6 Å². The number of hydrogen-bond acceptors (Lipinski definition) is 2. The molecule has 0 fully saturated rings. The Morgan fingerprint density at radius 1 is 1.16 bits per heavy atom. The molecule has 2 aromatic carbocycles. The predicted molar refractivity (Wildman–Crippen MR) is 104 cm³/mol. The van der Waals surface area contributed by atoms with Crippen molar-refractivity contribution in [2.24, 2.45) is 10.7 Å². The molecule has 0 saturated carbocycles. The molecule has 0 bridgehead atoms. The van der Waals surface area contributed by atoms with E-state index in [1.807, 2.05) is 25.1 Å². The van der Waals surface area contributed by atoms with E-state index < -0.39 is 0 Å². The molecule has 2 aromatic rings. The summed E-state index contributed by atoms with van der Waals surface area (Å²) < 4.78 is 0. The number of aryl methyl sites for hydroxylation is 2. The SMILES string of the molecule is CC(O)CC(CN=C(N)Nc1ccc2c(c1)CCC2)c1ccccc1. The van der Waals surface area contributed by atoms with Crippen molar-refractivity contribution in [3.8, 4) is 0 Å². The smallest absolute Gasteiger partial charge is 0.193 e. The average molecular weight is 337 g/mol. The molecule has 132 valence electrons. The third-order valence-electron chi connectivity index (χ3n) is 4.75. The van der Waals surface area contributed by atoms with Crippen LogP contribution in [0, 0.1) is 0 Å². The molecule has 1 aliphatic rings. The highest BCUT2D eigenvalue weighted by Gasteiger charge is 2.14. The van der Waals surface area contributed by atoms with Gasteiger partial charge in [0.15, 0.2) is 5.96 Å². The first-order valence-corrected chi connectivity index (χ1v) is 9.03. The number of nitrogens with zero attached hydrogens (tertiary/aromatic N) is 1. The zero-order valence-electron chi connectivity index (χ0n) is 14.8. The van der Waals surface area contributed by atoms with Gasteiger partial charge in [0.05, 0.1) is 6.10 Å². The van der Waals surface area contributed by atoms with Gasteiger partial charge in [-0.2, -0.15) is 0 Å². The molecule has 4 N–H and O–H groups in total. The van der Waals surface area contributed by atoms with Gasteiger partial charge in [-0.25, -0.2) is 0 Å². The van der Waals surface area contributed by atoms with Gasteiger partial charge in [-0.05, 0) is 61.4 Å². The maximum absolute atomic E-state index is 9.78. The summed E-state index contributed by atoms with van der Waals surface area (Å²) >= 11 is 0. The maximum atomic E-state index is 9.78. The molecule has 1 aliphatic carbocycles. The first-order valence-electron chi connectivity index (χ1n) is 9.03. The molecule has 2 atom stereocenters. The van der Waals surface area contributed by atoms with Crippen molar-refractivity contribution in [3.63, 3.8) is 0 Å². The number of anilines is 1. The summed E-state index contributed by atoms with van der Waals surface area (Å²) in [4.78, 5) is 4.51. The second-order valence-electron chi connectivity index (χ2n) is 6.88. The van der Waals surface area contributed by atoms with Crippen molar-refractivity contribution >= 4 is 11.6 Å². The summed E-state index contributed by atoms with van der Waals surface area (Å²) in [5.41, 5.74) is 11.1. The van der Waals surface area contributed by atoms with Gasteiger partial charge >= 0.3 is 0 Å². The summed E-state index contributed by atoms with van der Waals surface area (Å²) in [6.45, 7) is 2.37. The molecule has 25 heavy (non-hydrogen) atoms. The predicted octanol–water partition coefficient (Wildman–Crippen LogP) is 3.46. The lowest BCUT2D eigenvalue weighted by atomic mass is 9.93. The van der Waals surface area contributed by atoms with Crippen molar-refractivity contribution in [1.82, 2.24) is 0 Å². The molecular weight excluding hydrogens is 310 g/mol. The van der Waals surface area contributed by atoms with Crippen molar-refractivity contribution in [2.45, 2.75) is 44.6 Å². The number of benzene rings is 2. The van der Waals surface area contributed by atoms with E-state index in [0.717, 1.165) is 12.1 Å². The Hall–Kier alpha value is -2.33. The molecule has 0 amide bonds. The molecular formula is C21H27N3O. The van der Waals surface area contributed by atoms with Gasteiger partial charge in [0.2, 0.25) is 0 Å². The quantitative estimate of drug-likeness (QED) is 0.558. The number of aliphatic hydroxyl groups is 1. The van der Waals surface area contributed by atoms with E-state index in [0.29, 0.717) is 18.9 Å². The highest BCUT2D eigenvalue weighted by atomic mass is 16.3. The lowest BCUT2D eigenvalue weighted by Crippen LogP contribution is -2.24. The van der Waals surface area contributed by atoms with Crippen LogP contribution in [0.2, 0.25) is 0 Å². The molecule has 4 heteroatoms. The fraction of sp³-hybridized carbons (Fsp3) is 0.381. The van der Waals surface area contributed by atoms with E-state index >= 15 is 0 Å². The summed E-state index contributed by atoms with van der Waals surface area (Å²) in [7, 11) is 0. The number of fused-ring (bicyclic) bond motifs is 1. The molecule has 0 aromatic heterocycles. The Morgan fingerprint density at radius 2 is 1.92 bits per heavy atom. The highest BCUT2D eigenvalue weighted by Crippen LogP contribution is 2.25. The van der Waals surface area contributed by atoms with E-state index in [9.17, 15) is 5.11 Å². The second kappa shape index (κ2) is 8.17. The summed E-state index contributed by atoms with van der Waals surface area (Å²) in [5, 5.41) is 13.0. The molecule has 0 heterocycles. The zero-order valence-corrected chi connectivity index (χ0v) is 14.8. The van der Waals surface area contributed by atoms with Gasteiger partial charge in [0.25, 0.3) is 0 Å². The van der Waals surface area contributed by atoms with Crippen molar-refractivity contribution in [3.05, 3.63) is 65.2 Å². The van der Waals surface area contributed by atoms with Crippen LogP contribution >= 0.6 is 0 Å². The van der Waals surface area contributed by atoms with Crippen LogP contribution in [-0.4, -0.2) is 23.7 Å². The van der Waals surface area contributed by atoms with Gasteiger partial charge in [-0.15, -0.1) is 0 Å². The van der Waals surface area contributed by atoms with Crippen LogP contribution in [0.5, 0.6) is 0 Å². The fourth-order valence-electron chi connectivity index (χ4n) is 3.50. The van der Waals surface area contributed by atoms with Gasteiger partial charge in [0.1, 0.15) is 0 Å². The van der Waals surface area contributed by atoms with E-state index in [4.69, 9.17) is 5.73 Å². The lowest BCUT2D eigenvalue weighted by molar-refractivity contribution is 0.175. The normalized spacial score (nSPS) is 16.3. The number of guanidine groups is 1. The summed E-state index contributed by atoms with van der Waals surface area (Å²) in [6.07, 6.45) is 3.86. The van der Waals surface area contributed by atoms with Crippen LogP contribution in [0.15, 0.2) is 53.5 Å². The largest absolute Gasteiger partial charge is 0.393 e. The van der Waals surface area contributed by atoms with Crippen LogP contribution in [-0.2, 0) is 12.8 Å². The fourth-order valence-corrected chi connectivity index (χ4v) is 3.50. The van der Waals surface area contributed by atoms with Crippen LogP contribution in [0.25, 0.3) is 0 Å². The van der Waals surface area contributed by atoms with Crippen LogP contribution in [0.4, 0.5) is 5.69 Å². The lowest BCUT2D eigenvalue weighted by Gasteiger charge is -2.17. The van der Waals surface area contributed by atoms with Crippen LogP contribution < -0.4 is 11.1 Å². The second-order valence-corrected chi connectivity index (χ2v) is 6.88. The summed E-state index contributed by atoms with van der Waals surface area (Å²) in [6, 6.07) is 16.6. The number of aliphatic hydroxyl groups excluding tert-OH is 1. The zero-order chi connectivity index (χ0) is 17.6. The molecule has 4 nitrogen and oxygen atoms in total. The first-order chi connectivity index (χ1) is 12.1. The molecule has 0 radical (unpaired) electrons. The van der Waals surface area contributed by atoms with Gasteiger partial charge < -0.3 is 16.2 Å². The van der Waals surface area contributed by atoms with E-state index in [1.165, 1.54) is 29.5 Å². The first kappa shape index (κ1) is 17.5. The number of aliphatic imine (C=N–C) groups is 1. The van der Waals surface area contributed by atoms with Crippen molar-refractivity contribution in [2.75, 3.05) is 11.9 Å². The molecule has 0 spiro atoms. The minimum atomic E-state index is -0.369. The van der Waals surface area contributed by atoms with Crippen LogP contribution in [0.3, 0.4) is 0 Å². The van der Waals surface area contributed by atoms with Crippen LogP contribution in [0.1, 0.15) is 42.4 Å². The number of rotatable bonds is 6. The number of nitrogens with two attached hydrogens (primary N) is 1. The van der Waals surface area contributed by atoms with Gasteiger partial charge in [0, 0.05) is 18.2 Å². The Bertz CT molecular complexity index is 725. The number of hydrogen-bond donors (Lipinski definition) is 3. The third-order valence-corrected chi connectivity index (χ3v) is 4.75. The van der Waals surface area contributed by atoms with Crippen molar-refractivity contribution < 1.29 is 5.11 Å². The minimum absolute atomic E-state index is 0.154. The average Bonchev–Trinajstić information content (AvgIpc) is 3.07. The van der Waals surface area contributed by atoms with Gasteiger partial charge in [-0.3, -0.25) is 4.99 Å². The standard InChI is InChI=1S/C21H27N3O/c1-15(25)12-19(16-6-3-2-4-7-16)14-23-21(22)24-20-11-10-17-8-5-9-18(17)13-20/h2-4,6-7,10-11,13,15,19,25H,5,8-9,12,14H2,1H3,(H3,22,23,24).